The minimum absolute atomic E-state index is 0.0419. The summed E-state index contributed by atoms with van der Waals surface area (Å²) in [6.07, 6.45) is 0.566. The maximum Gasteiger partial charge on any atom is 0.407 e. The van der Waals surface area contributed by atoms with Crippen molar-refractivity contribution in [2.75, 3.05) is 20.8 Å². The number of Topliss-reactive ketones (excluding diaryl/α,β-unsaturated/α-hetero) is 1. The minimum Gasteiger partial charge on any atom is -0.453 e. The van der Waals surface area contributed by atoms with E-state index in [1.165, 1.54) is 14.2 Å². The number of carbonyl (C=O) groups is 2. The van der Waals surface area contributed by atoms with Gasteiger partial charge in [-0.15, -0.1) is 0 Å². The number of methoxy groups -OCH3 is 2. The van der Waals surface area contributed by atoms with Crippen molar-refractivity contribution in [1.29, 1.82) is 0 Å². The van der Waals surface area contributed by atoms with Crippen molar-refractivity contribution in [3.05, 3.63) is 0 Å². The van der Waals surface area contributed by atoms with Crippen LogP contribution < -0.4 is 5.32 Å². The lowest BCUT2D eigenvalue weighted by atomic mass is 10.1. The van der Waals surface area contributed by atoms with E-state index in [1.54, 1.807) is 0 Å². The third-order valence-corrected chi connectivity index (χ3v) is 1.70. The van der Waals surface area contributed by atoms with Crippen LogP contribution in [0.5, 0.6) is 0 Å². The van der Waals surface area contributed by atoms with Gasteiger partial charge in [-0.2, -0.15) is 0 Å². The molecule has 0 aliphatic heterocycles. The van der Waals surface area contributed by atoms with Gasteiger partial charge >= 0.3 is 6.09 Å². The molecule has 0 aromatic carbocycles. The maximum absolute atomic E-state index is 11.4. The molecule has 1 amide bonds. The fourth-order valence-corrected chi connectivity index (χ4v) is 1.00. The summed E-state index contributed by atoms with van der Waals surface area (Å²) in [7, 11) is 2.73. The predicted octanol–water partition coefficient (Wildman–Crippen LogP) is 0.727. The van der Waals surface area contributed by atoms with Crippen molar-refractivity contribution >= 4 is 11.9 Å². The molecule has 5 nitrogen and oxygen atoms in total. The lowest BCUT2D eigenvalue weighted by Crippen LogP contribution is -2.43. The van der Waals surface area contributed by atoms with Crippen molar-refractivity contribution in [2.45, 2.75) is 25.8 Å². The van der Waals surface area contributed by atoms with E-state index in [-0.39, 0.29) is 12.4 Å². The van der Waals surface area contributed by atoms with Gasteiger partial charge < -0.3 is 14.8 Å². The standard InChI is InChI=1S/C9H17NO4/c1-4-5-8(11)7(6-13-2)10-9(12)14-3/h7H,4-6H2,1-3H3,(H,10,12)/t7-/m0/s1. The van der Waals surface area contributed by atoms with Crippen LogP contribution in [0.4, 0.5) is 4.79 Å². The van der Waals surface area contributed by atoms with Gasteiger partial charge in [-0.1, -0.05) is 6.92 Å². The van der Waals surface area contributed by atoms with Gasteiger partial charge in [0.05, 0.1) is 13.7 Å². The third-order valence-electron chi connectivity index (χ3n) is 1.70. The fourth-order valence-electron chi connectivity index (χ4n) is 1.00. The Morgan fingerprint density at radius 2 is 2.00 bits per heavy atom. The normalized spacial score (nSPS) is 11.9. The minimum atomic E-state index is -0.614. The van der Waals surface area contributed by atoms with Gasteiger partial charge in [0.25, 0.3) is 0 Å². The number of alkyl carbamates (subject to hydrolysis) is 1. The molecule has 0 saturated carbocycles. The molecule has 1 N–H and O–H groups in total. The molecule has 82 valence electrons. The van der Waals surface area contributed by atoms with Gasteiger partial charge in [-0.25, -0.2) is 4.79 Å². The Balaban J connectivity index is 4.13. The summed E-state index contributed by atoms with van der Waals surface area (Å²) in [5.41, 5.74) is 0. The molecule has 0 rings (SSSR count). The Morgan fingerprint density at radius 3 is 2.43 bits per heavy atom. The van der Waals surface area contributed by atoms with Gasteiger partial charge in [0.15, 0.2) is 5.78 Å². The fraction of sp³-hybridized carbons (Fsp3) is 0.778. The van der Waals surface area contributed by atoms with Crippen LogP contribution >= 0.6 is 0 Å². The van der Waals surface area contributed by atoms with Crippen LogP contribution in [0.15, 0.2) is 0 Å². The van der Waals surface area contributed by atoms with Crippen LogP contribution in [0, 0.1) is 0 Å². The highest BCUT2D eigenvalue weighted by Crippen LogP contribution is 1.97. The first-order chi connectivity index (χ1) is 6.65. The van der Waals surface area contributed by atoms with Gasteiger partial charge in [0.2, 0.25) is 0 Å². The maximum atomic E-state index is 11.4. The lowest BCUT2D eigenvalue weighted by Gasteiger charge is -2.15. The number of hydrogen-bond acceptors (Lipinski definition) is 4. The second-order valence-electron chi connectivity index (χ2n) is 2.86. The molecule has 0 aromatic rings. The van der Waals surface area contributed by atoms with Crippen LogP contribution in [-0.2, 0) is 14.3 Å². The number of ether oxygens (including phenoxy) is 2. The Morgan fingerprint density at radius 1 is 1.36 bits per heavy atom. The number of carbonyl (C=O) groups excluding carboxylic acids is 2. The summed E-state index contributed by atoms with van der Waals surface area (Å²) in [5.74, 6) is -0.0419. The van der Waals surface area contributed by atoms with Crippen molar-refractivity contribution in [1.82, 2.24) is 5.32 Å². The zero-order valence-electron chi connectivity index (χ0n) is 8.83. The number of rotatable bonds is 6. The second kappa shape index (κ2) is 7.32. The largest absolute Gasteiger partial charge is 0.453 e. The highest BCUT2D eigenvalue weighted by atomic mass is 16.5. The molecule has 0 radical (unpaired) electrons. The Hall–Kier alpha value is -1.10. The Labute approximate surface area is 83.8 Å². The van der Waals surface area contributed by atoms with E-state index in [2.05, 4.69) is 10.1 Å². The molecule has 0 spiro atoms. The Bertz CT molecular complexity index is 193. The number of ketones is 1. The van der Waals surface area contributed by atoms with Crippen LogP contribution in [0.25, 0.3) is 0 Å². The van der Waals surface area contributed by atoms with E-state index >= 15 is 0 Å². The zero-order valence-corrected chi connectivity index (χ0v) is 8.83. The highest BCUT2D eigenvalue weighted by molar-refractivity contribution is 5.87. The summed E-state index contributed by atoms with van der Waals surface area (Å²) in [6.45, 7) is 2.08. The monoisotopic (exact) mass is 203 g/mol. The summed E-state index contributed by atoms with van der Waals surface area (Å²) in [6, 6.07) is -0.604. The molecule has 0 unspecified atom stereocenters. The van der Waals surface area contributed by atoms with Crippen molar-refractivity contribution < 1.29 is 19.1 Å². The van der Waals surface area contributed by atoms with Gasteiger partial charge in [0.1, 0.15) is 6.04 Å². The van der Waals surface area contributed by atoms with E-state index in [9.17, 15) is 9.59 Å². The van der Waals surface area contributed by atoms with Crippen molar-refractivity contribution in [2.24, 2.45) is 0 Å². The van der Waals surface area contributed by atoms with E-state index < -0.39 is 12.1 Å². The smallest absolute Gasteiger partial charge is 0.407 e. The lowest BCUT2D eigenvalue weighted by molar-refractivity contribution is -0.122. The molecular formula is C9H17NO4. The third kappa shape index (κ3) is 4.81. The molecule has 0 fully saturated rings. The Kier molecular flexibility index (Phi) is 6.74. The average Bonchev–Trinajstić information content (AvgIpc) is 2.17. The van der Waals surface area contributed by atoms with Crippen LogP contribution in [-0.4, -0.2) is 38.7 Å². The van der Waals surface area contributed by atoms with E-state index in [4.69, 9.17) is 4.74 Å². The summed E-state index contributed by atoms with van der Waals surface area (Å²) in [5, 5.41) is 2.42. The number of hydrogen-bond donors (Lipinski definition) is 1. The number of nitrogens with one attached hydrogen (secondary N) is 1. The van der Waals surface area contributed by atoms with Crippen molar-refractivity contribution in [3.8, 4) is 0 Å². The van der Waals surface area contributed by atoms with Crippen molar-refractivity contribution in [3.63, 3.8) is 0 Å². The van der Waals surface area contributed by atoms with Gasteiger partial charge in [0, 0.05) is 13.5 Å². The molecule has 0 aliphatic carbocycles. The molecule has 0 aromatic heterocycles. The molecule has 0 heterocycles. The van der Waals surface area contributed by atoms with E-state index in [1.807, 2.05) is 6.92 Å². The van der Waals surface area contributed by atoms with Crippen LogP contribution in [0.1, 0.15) is 19.8 Å². The molecule has 14 heavy (non-hydrogen) atoms. The molecule has 1 atom stereocenters. The SMILES string of the molecule is CCCC(=O)[C@H](COC)NC(=O)OC. The topological polar surface area (TPSA) is 64.6 Å². The average molecular weight is 203 g/mol. The first kappa shape index (κ1) is 12.9. The molecule has 0 bridgehead atoms. The quantitative estimate of drug-likeness (QED) is 0.691. The van der Waals surface area contributed by atoms with Crippen LogP contribution in [0.3, 0.4) is 0 Å². The van der Waals surface area contributed by atoms with Gasteiger partial charge in [-0.05, 0) is 6.42 Å². The second-order valence-corrected chi connectivity index (χ2v) is 2.86. The van der Waals surface area contributed by atoms with E-state index in [0.717, 1.165) is 6.42 Å². The van der Waals surface area contributed by atoms with E-state index in [0.29, 0.717) is 6.42 Å². The molecule has 0 aliphatic rings. The number of amides is 1. The molecule has 5 heteroatoms. The summed E-state index contributed by atoms with van der Waals surface area (Å²) >= 11 is 0. The molecule has 0 saturated heterocycles. The van der Waals surface area contributed by atoms with Crippen LogP contribution in [0.2, 0.25) is 0 Å². The first-order valence-corrected chi connectivity index (χ1v) is 4.51. The summed E-state index contributed by atoms with van der Waals surface area (Å²) < 4.78 is 9.22. The zero-order chi connectivity index (χ0) is 11.0. The summed E-state index contributed by atoms with van der Waals surface area (Å²) in [4.78, 5) is 22.3. The van der Waals surface area contributed by atoms with Gasteiger partial charge in [-0.3, -0.25) is 4.79 Å². The highest BCUT2D eigenvalue weighted by Gasteiger charge is 2.19. The molecular weight excluding hydrogens is 186 g/mol. The first-order valence-electron chi connectivity index (χ1n) is 4.51. The predicted molar refractivity (Wildman–Crippen MR) is 51.1 cm³/mol.